The van der Waals surface area contributed by atoms with Gasteiger partial charge in [-0.25, -0.2) is 4.79 Å². The van der Waals surface area contributed by atoms with Gasteiger partial charge in [-0.15, -0.1) is 0 Å². The van der Waals surface area contributed by atoms with Crippen LogP contribution in [0, 0.1) is 0 Å². The van der Waals surface area contributed by atoms with E-state index in [1.165, 1.54) is 0 Å². The summed E-state index contributed by atoms with van der Waals surface area (Å²) in [6.07, 6.45) is 7.76. The molecule has 4 N–H and O–H groups in total. The van der Waals surface area contributed by atoms with Crippen LogP contribution < -0.4 is 16.4 Å². The summed E-state index contributed by atoms with van der Waals surface area (Å²) in [5, 5.41) is 5.56. The van der Waals surface area contributed by atoms with Gasteiger partial charge in [0.15, 0.2) is 0 Å². The molecule has 17 heavy (non-hydrogen) atoms. The normalized spacial score (nSPS) is 14.0. The molecule has 0 heterocycles. The van der Waals surface area contributed by atoms with Crippen LogP contribution in [-0.2, 0) is 0 Å². The Morgan fingerprint density at radius 1 is 1.18 bits per heavy atom. The number of hydrogen-bond acceptors (Lipinski definition) is 2. The first-order valence-corrected chi connectivity index (χ1v) is 5.53. The fourth-order valence-electron chi connectivity index (χ4n) is 1.58. The van der Waals surface area contributed by atoms with E-state index in [0.29, 0.717) is 5.69 Å². The quantitative estimate of drug-likeness (QED) is 0.682. The van der Waals surface area contributed by atoms with Crippen LogP contribution in [0.15, 0.2) is 48.2 Å². The Morgan fingerprint density at radius 2 is 1.94 bits per heavy atom. The predicted octanol–water partition coefficient (Wildman–Crippen LogP) is 2.62. The third-order valence-corrected chi connectivity index (χ3v) is 2.46. The zero-order valence-corrected chi connectivity index (χ0v) is 9.44. The second-order valence-electron chi connectivity index (χ2n) is 3.86. The van der Waals surface area contributed by atoms with Crippen molar-refractivity contribution in [3.63, 3.8) is 0 Å². The lowest BCUT2D eigenvalue weighted by atomic mass is 10.1. The van der Waals surface area contributed by atoms with Crippen LogP contribution in [0.25, 0.3) is 0 Å². The highest BCUT2D eigenvalue weighted by atomic mass is 16.2. The molecular weight excluding hydrogens is 214 g/mol. The standard InChI is InChI=1S/C13H15N3O/c14-10-6-8-12(9-7-10)16-13(17)15-11-4-2-1-3-5-11/h1-2,4,6-9H,3,5,14H2,(H2,15,16,17). The van der Waals surface area contributed by atoms with Crippen molar-refractivity contribution in [2.45, 2.75) is 12.8 Å². The Hall–Kier alpha value is -2.23. The number of benzene rings is 1. The van der Waals surface area contributed by atoms with Crippen molar-refractivity contribution in [1.29, 1.82) is 0 Å². The summed E-state index contributed by atoms with van der Waals surface area (Å²) in [5.74, 6) is 0. The molecule has 2 rings (SSSR count). The molecule has 0 aliphatic heterocycles. The first-order valence-electron chi connectivity index (χ1n) is 5.53. The summed E-state index contributed by atoms with van der Waals surface area (Å²) in [6, 6.07) is 6.81. The summed E-state index contributed by atoms with van der Waals surface area (Å²) in [6.45, 7) is 0. The van der Waals surface area contributed by atoms with E-state index >= 15 is 0 Å². The van der Waals surface area contributed by atoms with Gasteiger partial charge in [0.1, 0.15) is 0 Å². The summed E-state index contributed by atoms with van der Waals surface area (Å²) < 4.78 is 0. The van der Waals surface area contributed by atoms with Crippen molar-refractivity contribution in [2.75, 3.05) is 11.1 Å². The number of rotatable bonds is 2. The minimum atomic E-state index is -0.226. The molecule has 1 aliphatic carbocycles. The number of urea groups is 1. The molecule has 0 saturated heterocycles. The Balaban J connectivity index is 1.91. The van der Waals surface area contributed by atoms with E-state index in [2.05, 4.69) is 16.7 Å². The molecule has 1 aliphatic rings. The highest BCUT2D eigenvalue weighted by Gasteiger charge is 2.05. The van der Waals surface area contributed by atoms with E-state index in [1.807, 2.05) is 12.2 Å². The van der Waals surface area contributed by atoms with Crippen LogP contribution in [0.3, 0.4) is 0 Å². The fraction of sp³-hybridized carbons (Fsp3) is 0.154. The average molecular weight is 229 g/mol. The lowest BCUT2D eigenvalue weighted by Gasteiger charge is -2.12. The highest BCUT2D eigenvalue weighted by molar-refractivity contribution is 5.90. The van der Waals surface area contributed by atoms with E-state index in [0.717, 1.165) is 24.2 Å². The molecule has 0 aromatic heterocycles. The smallest absolute Gasteiger partial charge is 0.323 e. The van der Waals surface area contributed by atoms with Crippen LogP contribution in [0.5, 0.6) is 0 Å². The number of nitrogen functional groups attached to an aromatic ring is 1. The van der Waals surface area contributed by atoms with Crippen LogP contribution in [0.4, 0.5) is 16.2 Å². The molecule has 2 amide bonds. The maximum Gasteiger partial charge on any atom is 0.323 e. The van der Waals surface area contributed by atoms with Crippen LogP contribution in [0.2, 0.25) is 0 Å². The van der Waals surface area contributed by atoms with E-state index in [9.17, 15) is 4.79 Å². The minimum Gasteiger partial charge on any atom is -0.399 e. The van der Waals surface area contributed by atoms with Gasteiger partial charge in [0.2, 0.25) is 0 Å². The molecule has 1 aromatic carbocycles. The topological polar surface area (TPSA) is 67.1 Å². The molecule has 4 nitrogen and oxygen atoms in total. The van der Waals surface area contributed by atoms with Gasteiger partial charge in [-0.1, -0.05) is 12.2 Å². The number of hydrogen-bond donors (Lipinski definition) is 3. The number of nitrogens with two attached hydrogens (primary N) is 1. The van der Waals surface area contributed by atoms with Gasteiger partial charge >= 0.3 is 6.03 Å². The zero-order valence-electron chi connectivity index (χ0n) is 9.44. The molecule has 4 heteroatoms. The maximum absolute atomic E-state index is 11.6. The van der Waals surface area contributed by atoms with Crippen LogP contribution in [-0.4, -0.2) is 6.03 Å². The maximum atomic E-state index is 11.6. The van der Waals surface area contributed by atoms with E-state index in [4.69, 9.17) is 5.73 Å². The van der Waals surface area contributed by atoms with Gasteiger partial charge < -0.3 is 16.4 Å². The minimum absolute atomic E-state index is 0.226. The molecule has 1 aromatic rings. The number of nitrogens with one attached hydrogen (secondary N) is 2. The number of carbonyl (C=O) groups excluding carboxylic acids is 1. The number of carbonyl (C=O) groups is 1. The van der Waals surface area contributed by atoms with Crippen LogP contribution >= 0.6 is 0 Å². The Morgan fingerprint density at radius 3 is 2.59 bits per heavy atom. The Kier molecular flexibility index (Phi) is 3.45. The lowest BCUT2D eigenvalue weighted by molar-refractivity contribution is 0.254. The molecular formula is C13H15N3O. The number of allylic oxidation sites excluding steroid dienone is 4. The average Bonchev–Trinajstić information content (AvgIpc) is 2.33. The van der Waals surface area contributed by atoms with Crippen molar-refractivity contribution in [2.24, 2.45) is 0 Å². The number of anilines is 2. The summed E-state index contributed by atoms with van der Waals surface area (Å²) in [4.78, 5) is 11.6. The van der Waals surface area contributed by atoms with Crippen molar-refractivity contribution in [3.05, 3.63) is 48.2 Å². The molecule has 0 fully saturated rings. The largest absolute Gasteiger partial charge is 0.399 e. The second-order valence-corrected chi connectivity index (χ2v) is 3.86. The van der Waals surface area contributed by atoms with Crippen molar-refractivity contribution < 1.29 is 4.79 Å². The SMILES string of the molecule is Nc1ccc(NC(=O)NC2=CC=CCC2)cc1. The van der Waals surface area contributed by atoms with Crippen molar-refractivity contribution in [3.8, 4) is 0 Å². The monoisotopic (exact) mass is 229 g/mol. The first-order chi connectivity index (χ1) is 8.24. The Labute approximate surface area is 100 Å². The predicted molar refractivity (Wildman–Crippen MR) is 69.5 cm³/mol. The van der Waals surface area contributed by atoms with Crippen LogP contribution in [0.1, 0.15) is 12.8 Å². The van der Waals surface area contributed by atoms with Gasteiger partial charge in [0.25, 0.3) is 0 Å². The van der Waals surface area contributed by atoms with Crippen molar-refractivity contribution in [1.82, 2.24) is 5.32 Å². The lowest BCUT2D eigenvalue weighted by Crippen LogP contribution is -2.28. The summed E-state index contributed by atoms with van der Waals surface area (Å²) >= 11 is 0. The molecule has 0 spiro atoms. The molecule has 0 radical (unpaired) electrons. The molecule has 0 bridgehead atoms. The summed E-state index contributed by atoms with van der Waals surface area (Å²) in [5.41, 5.74) is 7.90. The third kappa shape index (κ3) is 3.38. The van der Waals surface area contributed by atoms with E-state index < -0.39 is 0 Å². The van der Waals surface area contributed by atoms with Gasteiger partial charge in [0, 0.05) is 17.1 Å². The Bertz CT molecular complexity index is 460. The first kappa shape index (κ1) is 11.3. The zero-order chi connectivity index (χ0) is 12.1. The van der Waals surface area contributed by atoms with Gasteiger partial charge in [0.05, 0.1) is 0 Å². The third-order valence-electron chi connectivity index (χ3n) is 2.46. The second kappa shape index (κ2) is 5.21. The van der Waals surface area contributed by atoms with Gasteiger partial charge in [-0.05, 0) is 43.2 Å². The van der Waals surface area contributed by atoms with Gasteiger partial charge in [-0.2, -0.15) is 0 Å². The van der Waals surface area contributed by atoms with E-state index in [-0.39, 0.29) is 6.03 Å². The van der Waals surface area contributed by atoms with Gasteiger partial charge in [-0.3, -0.25) is 0 Å². The van der Waals surface area contributed by atoms with Crippen molar-refractivity contribution >= 4 is 17.4 Å². The molecule has 0 atom stereocenters. The highest BCUT2D eigenvalue weighted by Crippen LogP contribution is 2.12. The fourth-order valence-corrected chi connectivity index (χ4v) is 1.58. The molecule has 0 saturated carbocycles. The van der Waals surface area contributed by atoms with E-state index in [1.54, 1.807) is 24.3 Å². The summed E-state index contributed by atoms with van der Waals surface area (Å²) in [7, 11) is 0. The molecule has 88 valence electrons. The number of amides is 2. The molecule has 0 unspecified atom stereocenters.